The molecule has 0 aromatic heterocycles. The molecule has 0 unspecified atom stereocenters. The molecule has 0 saturated heterocycles. The van der Waals surface area contributed by atoms with Gasteiger partial charge in [-0.05, 0) is 18.2 Å². The van der Waals surface area contributed by atoms with E-state index in [1.165, 1.54) is 0 Å². The Bertz CT molecular complexity index is 594. The number of nitrogen functional groups attached to an aromatic ring is 1. The molecule has 2 N–H and O–H groups in total. The third kappa shape index (κ3) is 2.97. The Morgan fingerprint density at radius 3 is 1.93 bits per heavy atom. The van der Waals surface area contributed by atoms with Gasteiger partial charge in [0.1, 0.15) is 4.90 Å². The van der Waals surface area contributed by atoms with Crippen LogP contribution in [0.25, 0.3) is 0 Å². The molecule has 15 heavy (non-hydrogen) atoms. The fourth-order valence-corrected chi connectivity index (χ4v) is 2.75. The second kappa shape index (κ2) is 3.82. The van der Waals surface area contributed by atoms with Gasteiger partial charge in [0.2, 0.25) is 0 Å². The molecule has 1 rings (SSSR count). The summed E-state index contributed by atoms with van der Waals surface area (Å²) in [5, 5.41) is 0. The van der Waals surface area contributed by atoms with E-state index in [4.69, 9.17) is 27.1 Å². The zero-order valence-corrected chi connectivity index (χ0v) is 10.2. The molecule has 0 amide bonds. The lowest BCUT2D eigenvalue weighted by Gasteiger charge is -2.03. The molecular weight excluding hydrogens is 285 g/mol. The lowest BCUT2D eigenvalue weighted by atomic mass is 10.3. The number of rotatable bonds is 2. The summed E-state index contributed by atoms with van der Waals surface area (Å²) in [5.41, 5.74) is 5.17. The van der Waals surface area contributed by atoms with Crippen LogP contribution in [0, 0.1) is 0 Å². The van der Waals surface area contributed by atoms with Gasteiger partial charge in [0.25, 0.3) is 18.1 Å². The van der Waals surface area contributed by atoms with Crippen LogP contribution >= 0.6 is 21.4 Å². The van der Waals surface area contributed by atoms with Gasteiger partial charge in [-0.15, -0.1) is 0 Å². The van der Waals surface area contributed by atoms with E-state index in [1.807, 2.05) is 0 Å². The minimum Gasteiger partial charge on any atom is -0.398 e. The molecule has 0 atom stereocenters. The highest BCUT2D eigenvalue weighted by Gasteiger charge is 2.18. The van der Waals surface area contributed by atoms with E-state index in [-0.39, 0.29) is 10.6 Å². The number of anilines is 1. The molecule has 0 heterocycles. The largest absolute Gasteiger partial charge is 0.398 e. The summed E-state index contributed by atoms with van der Waals surface area (Å²) in [5.74, 6) is 0. The molecule has 84 valence electrons. The monoisotopic (exact) mass is 289 g/mol. The van der Waals surface area contributed by atoms with Gasteiger partial charge in [0.05, 0.1) is 10.6 Å². The molecule has 9 heteroatoms. The van der Waals surface area contributed by atoms with Crippen LogP contribution in [0.4, 0.5) is 5.69 Å². The highest BCUT2D eigenvalue weighted by Crippen LogP contribution is 2.26. The molecule has 5 nitrogen and oxygen atoms in total. The van der Waals surface area contributed by atoms with Gasteiger partial charge in [-0.2, -0.15) is 0 Å². The molecule has 0 aliphatic rings. The zero-order valence-electron chi connectivity index (χ0n) is 7.01. The highest BCUT2D eigenvalue weighted by atomic mass is 35.7. The normalized spacial score (nSPS) is 12.7. The van der Waals surface area contributed by atoms with Gasteiger partial charge in [-0.3, -0.25) is 0 Å². The molecule has 1 aromatic rings. The van der Waals surface area contributed by atoms with Crippen molar-refractivity contribution in [2.75, 3.05) is 5.73 Å². The lowest BCUT2D eigenvalue weighted by Crippen LogP contribution is -2.00. The van der Waals surface area contributed by atoms with Crippen molar-refractivity contribution in [3.63, 3.8) is 0 Å². The summed E-state index contributed by atoms with van der Waals surface area (Å²) in [4.78, 5) is -0.858. The Balaban J connectivity index is 3.57. The molecule has 0 bridgehead atoms. The molecule has 0 aliphatic carbocycles. The van der Waals surface area contributed by atoms with Gasteiger partial charge in [-0.25, -0.2) is 16.8 Å². The molecule has 0 fully saturated rings. The van der Waals surface area contributed by atoms with Crippen LogP contribution in [0.15, 0.2) is 28.0 Å². The smallest absolute Gasteiger partial charge is 0.263 e. The Hall–Kier alpha value is -0.500. The van der Waals surface area contributed by atoms with E-state index in [0.717, 1.165) is 18.2 Å². The number of benzene rings is 1. The Kier molecular flexibility index (Phi) is 3.20. The van der Waals surface area contributed by atoms with Crippen LogP contribution in [-0.4, -0.2) is 16.8 Å². The second-order valence-electron chi connectivity index (χ2n) is 2.58. The minimum atomic E-state index is -4.09. The van der Waals surface area contributed by atoms with Gasteiger partial charge < -0.3 is 5.73 Å². The number of hydrogen-bond acceptors (Lipinski definition) is 5. The van der Waals surface area contributed by atoms with E-state index in [0.29, 0.717) is 0 Å². The topological polar surface area (TPSA) is 94.3 Å². The fourth-order valence-electron chi connectivity index (χ4n) is 0.878. The van der Waals surface area contributed by atoms with Gasteiger partial charge >= 0.3 is 0 Å². The first kappa shape index (κ1) is 12.6. The Morgan fingerprint density at radius 2 is 1.53 bits per heavy atom. The van der Waals surface area contributed by atoms with Crippen molar-refractivity contribution in [1.29, 1.82) is 0 Å². The molecule has 1 aromatic carbocycles. The average molecular weight is 290 g/mol. The fraction of sp³-hybridized carbons (Fsp3) is 0. The van der Waals surface area contributed by atoms with Crippen LogP contribution in [-0.2, 0) is 18.1 Å². The number of nitrogens with two attached hydrogens (primary N) is 1. The second-order valence-corrected chi connectivity index (χ2v) is 7.68. The maximum absolute atomic E-state index is 11.0. The van der Waals surface area contributed by atoms with Crippen molar-refractivity contribution in [1.82, 2.24) is 0 Å². The Labute approximate surface area is 95.6 Å². The summed E-state index contributed by atoms with van der Waals surface area (Å²) in [6.45, 7) is 0. The quantitative estimate of drug-likeness (QED) is 0.650. The van der Waals surface area contributed by atoms with E-state index >= 15 is 0 Å². The zero-order chi connectivity index (χ0) is 11.9. The number of hydrogen-bond donors (Lipinski definition) is 1. The molecule has 0 radical (unpaired) electrons. The first-order chi connectivity index (χ1) is 6.62. The summed E-state index contributed by atoms with van der Waals surface area (Å²) in [7, 11) is 1.97. The maximum Gasteiger partial charge on any atom is 0.263 e. The average Bonchev–Trinajstić information content (AvgIpc) is 2.00. The summed E-state index contributed by atoms with van der Waals surface area (Å²) < 4.78 is 43.8. The first-order valence-corrected chi connectivity index (χ1v) is 8.03. The van der Waals surface area contributed by atoms with Crippen molar-refractivity contribution in [3.05, 3.63) is 18.2 Å². The summed E-state index contributed by atoms with van der Waals surface area (Å²) in [6, 6.07) is 2.99. The van der Waals surface area contributed by atoms with E-state index in [1.54, 1.807) is 0 Å². The summed E-state index contributed by atoms with van der Waals surface area (Å²) >= 11 is 0. The van der Waals surface area contributed by atoms with Crippen LogP contribution in [0.1, 0.15) is 0 Å². The molecule has 0 saturated carbocycles. The summed E-state index contributed by atoms with van der Waals surface area (Å²) in [6.07, 6.45) is 0. The standard InChI is InChI=1S/C6H5Cl2NO4S2/c7-14(10,11)4-1-2-5(9)6(3-4)15(8,12)13/h1-3H,9H2. The van der Waals surface area contributed by atoms with Gasteiger partial charge in [0.15, 0.2) is 0 Å². The SMILES string of the molecule is Nc1ccc(S(=O)(=O)Cl)cc1S(=O)(=O)Cl. The van der Waals surface area contributed by atoms with E-state index < -0.39 is 23.0 Å². The van der Waals surface area contributed by atoms with Crippen molar-refractivity contribution in [3.8, 4) is 0 Å². The maximum atomic E-state index is 11.0. The third-order valence-corrected chi connectivity index (χ3v) is 4.26. The molecule has 0 spiro atoms. The first-order valence-electron chi connectivity index (χ1n) is 3.41. The van der Waals surface area contributed by atoms with Crippen molar-refractivity contribution < 1.29 is 16.8 Å². The van der Waals surface area contributed by atoms with Crippen molar-refractivity contribution in [2.45, 2.75) is 9.79 Å². The van der Waals surface area contributed by atoms with Crippen LogP contribution < -0.4 is 5.73 Å². The van der Waals surface area contributed by atoms with Crippen molar-refractivity contribution >= 4 is 45.2 Å². The van der Waals surface area contributed by atoms with Gasteiger partial charge in [0, 0.05) is 21.4 Å². The lowest BCUT2D eigenvalue weighted by molar-refractivity contribution is 0.608. The third-order valence-electron chi connectivity index (χ3n) is 1.53. The highest BCUT2D eigenvalue weighted by molar-refractivity contribution is 8.14. The van der Waals surface area contributed by atoms with Gasteiger partial charge in [-0.1, -0.05) is 0 Å². The van der Waals surface area contributed by atoms with E-state index in [2.05, 4.69) is 0 Å². The Morgan fingerprint density at radius 1 is 1.00 bits per heavy atom. The van der Waals surface area contributed by atoms with Crippen LogP contribution in [0.3, 0.4) is 0 Å². The number of halogens is 2. The molecule has 0 aliphatic heterocycles. The predicted octanol–water partition coefficient (Wildman–Crippen LogP) is 1.12. The molecular formula is C6H5Cl2NO4S2. The predicted molar refractivity (Wildman–Crippen MR) is 56.9 cm³/mol. The minimum absolute atomic E-state index is 0.144. The van der Waals surface area contributed by atoms with E-state index in [9.17, 15) is 16.8 Å². The van der Waals surface area contributed by atoms with Crippen molar-refractivity contribution in [2.24, 2.45) is 0 Å². The van der Waals surface area contributed by atoms with Crippen LogP contribution in [0.5, 0.6) is 0 Å². The van der Waals surface area contributed by atoms with Crippen LogP contribution in [0.2, 0.25) is 0 Å².